The van der Waals surface area contributed by atoms with Gasteiger partial charge in [0.15, 0.2) is 0 Å². The van der Waals surface area contributed by atoms with Gasteiger partial charge in [0.1, 0.15) is 0 Å². The summed E-state index contributed by atoms with van der Waals surface area (Å²) in [7, 11) is -3.62. The predicted octanol–water partition coefficient (Wildman–Crippen LogP) is 3.21. The third kappa shape index (κ3) is 2.93. The van der Waals surface area contributed by atoms with Crippen LogP contribution in [-0.4, -0.2) is 8.42 Å². The summed E-state index contributed by atoms with van der Waals surface area (Å²) >= 11 is 6.45. The second-order valence-corrected chi connectivity index (χ2v) is 7.63. The summed E-state index contributed by atoms with van der Waals surface area (Å²) in [6.45, 7) is 0. The molecule has 0 bridgehead atoms. The molecule has 0 saturated carbocycles. The number of nitrogens with two attached hydrogens (primary N) is 2. The van der Waals surface area contributed by atoms with E-state index in [9.17, 15) is 8.42 Å². The molecule has 0 saturated heterocycles. The molecule has 0 atom stereocenters. The predicted molar refractivity (Wildman–Crippen MR) is 82.6 cm³/mol. The third-order valence-electron chi connectivity index (χ3n) is 2.49. The fraction of sp³-hybridized carbons (Fsp3) is 0. The minimum Gasteiger partial charge on any atom is -0.399 e. The first-order valence-corrected chi connectivity index (χ1v) is 8.24. The molecule has 0 spiro atoms. The van der Waals surface area contributed by atoms with Gasteiger partial charge in [-0.05, 0) is 52.3 Å². The van der Waals surface area contributed by atoms with Crippen LogP contribution in [-0.2, 0) is 9.84 Å². The Balaban J connectivity index is 2.61. The molecule has 0 aliphatic heterocycles. The molecule has 0 aliphatic carbocycles. The average molecular weight is 406 g/mol. The fourth-order valence-electron chi connectivity index (χ4n) is 1.55. The SMILES string of the molecule is Nc1cc(Br)cc(S(=O)(=O)c2ccc(N)c(Br)c2)c1. The van der Waals surface area contributed by atoms with Crippen LogP contribution >= 0.6 is 31.9 Å². The molecule has 2 aromatic rings. The maximum atomic E-state index is 12.5. The lowest BCUT2D eigenvalue weighted by molar-refractivity contribution is 0.596. The molecule has 0 fully saturated rings. The van der Waals surface area contributed by atoms with Crippen molar-refractivity contribution in [2.24, 2.45) is 0 Å². The van der Waals surface area contributed by atoms with Crippen LogP contribution in [0.5, 0.6) is 0 Å². The van der Waals surface area contributed by atoms with Gasteiger partial charge in [-0.2, -0.15) is 0 Å². The van der Waals surface area contributed by atoms with Gasteiger partial charge in [0.25, 0.3) is 0 Å². The molecule has 100 valence electrons. The molecule has 0 aliphatic rings. The summed E-state index contributed by atoms with van der Waals surface area (Å²) in [5, 5.41) is 0. The summed E-state index contributed by atoms with van der Waals surface area (Å²) < 4.78 is 26.1. The fourth-order valence-corrected chi connectivity index (χ4v) is 4.11. The molecule has 2 rings (SSSR count). The zero-order valence-electron chi connectivity index (χ0n) is 9.60. The third-order valence-corrected chi connectivity index (χ3v) is 5.36. The molecule has 2 aromatic carbocycles. The molecule has 7 heteroatoms. The smallest absolute Gasteiger partial charge is 0.206 e. The van der Waals surface area contributed by atoms with E-state index in [1.807, 2.05) is 0 Å². The highest BCUT2D eigenvalue weighted by atomic mass is 79.9. The van der Waals surface area contributed by atoms with Crippen LogP contribution in [0.15, 0.2) is 55.1 Å². The van der Waals surface area contributed by atoms with Gasteiger partial charge < -0.3 is 11.5 Å². The first-order valence-electron chi connectivity index (χ1n) is 5.17. The Kier molecular flexibility index (Phi) is 3.89. The van der Waals surface area contributed by atoms with Crippen molar-refractivity contribution in [3.05, 3.63) is 45.3 Å². The molecule has 19 heavy (non-hydrogen) atoms. The van der Waals surface area contributed by atoms with Crippen LogP contribution in [0.25, 0.3) is 0 Å². The van der Waals surface area contributed by atoms with Gasteiger partial charge in [-0.15, -0.1) is 0 Å². The Morgan fingerprint density at radius 3 is 2.16 bits per heavy atom. The topological polar surface area (TPSA) is 86.2 Å². The number of hydrogen-bond donors (Lipinski definition) is 2. The monoisotopic (exact) mass is 404 g/mol. The maximum absolute atomic E-state index is 12.5. The Bertz CT molecular complexity index is 725. The molecular weight excluding hydrogens is 396 g/mol. The highest BCUT2D eigenvalue weighted by Crippen LogP contribution is 2.29. The van der Waals surface area contributed by atoms with Gasteiger partial charge in [-0.3, -0.25) is 0 Å². The Morgan fingerprint density at radius 2 is 1.58 bits per heavy atom. The Labute approximate surface area is 128 Å². The largest absolute Gasteiger partial charge is 0.399 e. The average Bonchev–Trinajstić information content (AvgIpc) is 2.31. The van der Waals surface area contributed by atoms with E-state index < -0.39 is 9.84 Å². The van der Waals surface area contributed by atoms with E-state index in [-0.39, 0.29) is 9.79 Å². The van der Waals surface area contributed by atoms with Gasteiger partial charge in [0.2, 0.25) is 9.84 Å². The maximum Gasteiger partial charge on any atom is 0.206 e. The highest BCUT2D eigenvalue weighted by molar-refractivity contribution is 9.10. The number of rotatable bonds is 2. The molecule has 0 heterocycles. The van der Waals surface area contributed by atoms with Crippen molar-refractivity contribution in [3.63, 3.8) is 0 Å². The summed E-state index contributed by atoms with van der Waals surface area (Å²) in [6.07, 6.45) is 0. The van der Waals surface area contributed by atoms with E-state index in [4.69, 9.17) is 11.5 Å². The van der Waals surface area contributed by atoms with Crippen molar-refractivity contribution >= 4 is 53.1 Å². The van der Waals surface area contributed by atoms with Crippen LogP contribution < -0.4 is 11.5 Å². The summed E-state index contributed by atoms with van der Waals surface area (Å²) in [5.41, 5.74) is 12.2. The van der Waals surface area contributed by atoms with Crippen LogP contribution in [0.4, 0.5) is 11.4 Å². The van der Waals surface area contributed by atoms with Gasteiger partial charge in [0.05, 0.1) is 9.79 Å². The zero-order chi connectivity index (χ0) is 14.2. The molecule has 0 unspecified atom stereocenters. The lowest BCUT2D eigenvalue weighted by Gasteiger charge is -2.08. The zero-order valence-corrected chi connectivity index (χ0v) is 13.6. The minimum absolute atomic E-state index is 0.135. The number of benzene rings is 2. The van der Waals surface area contributed by atoms with E-state index in [0.29, 0.717) is 20.3 Å². The molecule has 0 radical (unpaired) electrons. The van der Waals surface area contributed by atoms with Crippen molar-refractivity contribution < 1.29 is 8.42 Å². The molecule has 4 nitrogen and oxygen atoms in total. The van der Waals surface area contributed by atoms with Gasteiger partial charge >= 0.3 is 0 Å². The first kappa shape index (κ1) is 14.4. The number of hydrogen-bond acceptors (Lipinski definition) is 4. The van der Waals surface area contributed by atoms with Crippen molar-refractivity contribution in [2.75, 3.05) is 11.5 Å². The summed E-state index contributed by atoms with van der Waals surface area (Å²) in [4.78, 5) is 0.294. The van der Waals surface area contributed by atoms with Crippen molar-refractivity contribution in [3.8, 4) is 0 Å². The molecule has 0 amide bonds. The lowest BCUT2D eigenvalue weighted by atomic mass is 10.3. The number of sulfone groups is 1. The van der Waals surface area contributed by atoms with E-state index in [1.54, 1.807) is 6.07 Å². The van der Waals surface area contributed by atoms with Crippen molar-refractivity contribution in [2.45, 2.75) is 9.79 Å². The van der Waals surface area contributed by atoms with Crippen LogP contribution in [0.1, 0.15) is 0 Å². The second kappa shape index (κ2) is 5.15. The van der Waals surface area contributed by atoms with E-state index >= 15 is 0 Å². The second-order valence-electron chi connectivity index (χ2n) is 3.91. The Hall–Kier alpha value is -1.05. The Morgan fingerprint density at radius 1 is 0.895 bits per heavy atom. The lowest BCUT2D eigenvalue weighted by Crippen LogP contribution is -2.03. The molecule has 4 N–H and O–H groups in total. The van der Waals surface area contributed by atoms with Crippen LogP contribution in [0.2, 0.25) is 0 Å². The highest BCUT2D eigenvalue weighted by Gasteiger charge is 2.19. The van der Waals surface area contributed by atoms with E-state index in [0.717, 1.165) is 0 Å². The van der Waals surface area contributed by atoms with Crippen LogP contribution in [0, 0.1) is 0 Å². The number of halogens is 2. The molecule has 0 aromatic heterocycles. The van der Waals surface area contributed by atoms with Gasteiger partial charge in [0, 0.05) is 20.3 Å². The van der Waals surface area contributed by atoms with Crippen molar-refractivity contribution in [1.82, 2.24) is 0 Å². The van der Waals surface area contributed by atoms with E-state index in [2.05, 4.69) is 31.9 Å². The minimum atomic E-state index is -3.62. The molecular formula is C12H10Br2N2O2S. The standard InChI is InChI=1S/C12H10Br2N2O2S/c13-7-3-8(15)5-10(4-7)19(17,18)9-1-2-12(16)11(14)6-9/h1-6H,15-16H2. The summed E-state index contributed by atoms with van der Waals surface area (Å²) in [5.74, 6) is 0. The van der Waals surface area contributed by atoms with E-state index in [1.165, 1.54) is 30.3 Å². The summed E-state index contributed by atoms with van der Waals surface area (Å²) in [6, 6.07) is 9.05. The number of nitrogen functional groups attached to an aromatic ring is 2. The number of anilines is 2. The van der Waals surface area contributed by atoms with Crippen LogP contribution in [0.3, 0.4) is 0 Å². The first-order chi connectivity index (χ1) is 8.80. The van der Waals surface area contributed by atoms with Gasteiger partial charge in [-0.1, -0.05) is 15.9 Å². The van der Waals surface area contributed by atoms with Crippen molar-refractivity contribution in [1.29, 1.82) is 0 Å². The quantitative estimate of drug-likeness (QED) is 0.751. The normalized spacial score (nSPS) is 11.5. The van der Waals surface area contributed by atoms with Gasteiger partial charge in [-0.25, -0.2) is 8.42 Å².